The van der Waals surface area contributed by atoms with Gasteiger partial charge in [-0.05, 0) is 31.0 Å². The SMILES string of the molecule is Cc1cc(C(=O)OCC(=O)N2CCC(c3ccccc3)=N2)c(C)n1Cc1ccccc1. The summed E-state index contributed by atoms with van der Waals surface area (Å²) in [5.74, 6) is -0.815. The first-order valence-electron chi connectivity index (χ1n) is 10.3. The number of hydrazone groups is 1. The van der Waals surface area contributed by atoms with E-state index in [1.54, 1.807) is 0 Å². The van der Waals surface area contributed by atoms with E-state index in [1.165, 1.54) is 5.01 Å². The minimum atomic E-state index is -0.493. The van der Waals surface area contributed by atoms with Crippen LogP contribution in [0.1, 0.15) is 39.3 Å². The van der Waals surface area contributed by atoms with Crippen molar-refractivity contribution < 1.29 is 14.3 Å². The number of esters is 1. The van der Waals surface area contributed by atoms with Crippen LogP contribution in [0.5, 0.6) is 0 Å². The zero-order valence-corrected chi connectivity index (χ0v) is 17.7. The molecular formula is C25H25N3O3. The second kappa shape index (κ2) is 9.00. The molecule has 0 bridgehead atoms. The van der Waals surface area contributed by atoms with Crippen molar-refractivity contribution in [1.29, 1.82) is 0 Å². The van der Waals surface area contributed by atoms with E-state index in [0.717, 1.165) is 28.2 Å². The van der Waals surface area contributed by atoms with Crippen molar-refractivity contribution in [3.63, 3.8) is 0 Å². The molecule has 0 radical (unpaired) electrons. The molecule has 1 aromatic heterocycles. The highest BCUT2D eigenvalue weighted by molar-refractivity contribution is 6.02. The summed E-state index contributed by atoms with van der Waals surface area (Å²) in [7, 11) is 0. The van der Waals surface area contributed by atoms with Gasteiger partial charge in [-0.25, -0.2) is 9.80 Å². The lowest BCUT2D eigenvalue weighted by Gasteiger charge is -2.12. The molecule has 0 unspecified atom stereocenters. The number of nitrogens with zero attached hydrogens (tertiary/aromatic N) is 3. The van der Waals surface area contributed by atoms with E-state index in [2.05, 4.69) is 21.8 Å². The van der Waals surface area contributed by atoms with E-state index in [9.17, 15) is 9.59 Å². The van der Waals surface area contributed by atoms with Crippen LogP contribution in [0, 0.1) is 13.8 Å². The molecule has 6 heteroatoms. The first-order valence-corrected chi connectivity index (χ1v) is 10.3. The van der Waals surface area contributed by atoms with Crippen molar-refractivity contribution in [1.82, 2.24) is 9.58 Å². The Kier molecular flexibility index (Phi) is 5.98. The topological polar surface area (TPSA) is 63.9 Å². The van der Waals surface area contributed by atoms with Crippen molar-refractivity contribution >= 4 is 17.6 Å². The average Bonchev–Trinajstić information content (AvgIpc) is 3.40. The Hall–Kier alpha value is -3.67. The third-order valence-corrected chi connectivity index (χ3v) is 5.50. The molecule has 0 atom stereocenters. The number of aryl methyl sites for hydroxylation is 1. The molecule has 0 aliphatic carbocycles. The predicted molar refractivity (Wildman–Crippen MR) is 119 cm³/mol. The summed E-state index contributed by atoms with van der Waals surface area (Å²) >= 11 is 0. The monoisotopic (exact) mass is 415 g/mol. The summed E-state index contributed by atoms with van der Waals surface area (Å²) in [6, 6.07) is 21.7. The second-order valence-corrected chi connectivity index (χ2v) is 7.61. The third kappa shape index (κ3) is 4.58. The molecule has 4 rings (SSSR count). The lowest BCUT2D eigenvalue weighted by Crippen LogP contribution is -2.28. The molecule has 0 N–H and O–H groups in total. The Morgan fingerprint density at radius 2 is 1.68 bits per heavy atom. The van der Waals surface area contributed by atoms with Crippen molar-refractivity contribution in [2.24, 2.45) is 5.10 Å². The quantitative estimate of drug-likeness (QED) is 0.573. The Bertz CT molecular complexity index is 1120. The van der Waals surface area contributed by atoms with Crippen molar-refractivity contribution in [2.75, 3.05) is 13.2 Å². The van der Waals surface area contributed by atoms with Crippen LogP contribution in [0.3, 0.4) is 0 Å². The molecule has 0 fully saturated rings. The first-order chi connectivity index (χ1) is 15.0. The van der Waals surface area contributed by atoms with Gasteiger partial charge in [0.15, 0.2) is 6.61 Å². The number of benzene rings is 2. The fraction of sp³-hybridized carbons (Fsp3) is 0.240. The van der Waals surface area contributed by atoms with Crippen LogP contribution in [0.2, 0.25) is 0 Å². The van der Waals surface area contributed by atoms with Crippen LogP contribution in [0.25, 0.3) is 0 Å². The Morgan fingerprint density at radius 3 is 2.39 bits per heavy atom. The van der Waals surface area contributed by atoms with E-state index < -0.39 is 5.97 Å². The summed E-state index contributed by atoms with van der Waals surface area (Å²) in [5.41, 5.74) is 5.29. The maximum absolute atomic E-state index is 12.6. The maximum atomic E-state index is 12.6. The summed E-state index contributed by atoms with van der Waals surface area (Å²) in [6.45, 7) is 4.70. The highest BCUT2D eigenvalue weighted by Crippen LogP contribution is 2.19. The standard InChI is InChI=1S/C25H25N3O3/c1-18-15-22(19(2)27(18)16-20-9-5-3-6-10-20)25(30)31-17-24(29)28-14-13-23(26-28)21-11-7-4-8-12-21/h3-12,15H,13-14,16-17H2,1-2H3. The van der Waals surface area contributed by atoms with E-state index >= 15 is 0 Å². The molecule has 0 saturated carbocycles. The molecule has 0 saturated heterocycles. The molecule has 2 heterocycles. The number of rotatable bonds is 6. The highest BCUT2D eigenvalue weighted by atomic mass is 16.5. The van der Waals surface area contributed by atoms with Gasteiger partial charge < -0.3 is 9.30 Å². The fourth-order valence-corrected chi connectivity index (χ4v) is 3.77. The Morgan fingerprint density at radius 1 is 1.00 bits per heavy atom. The summed E-state index contributed by atoms with van der Waals surface area (Å²) in [6.07, 6.45) is 0.685. The van der Waals surface area contributed by atoms with Crippen LogP contribution in [-0.4, -0.2) is 40.3 Å². The minimum absolute atomic E-state index is 0.322. The van der Waals surface area contributed by atoms with Gasteiger partial charge in [-0.2, -0.15) is 5.10 Å². The minimum Gasteiger partial charge on any atom is -0.452 e. The molecule has 3 aromatic rings. The van der Waals surface area contributed by atoms with Crippen LogP contribution in [0.15, 0.2) is 71.8 Å². The molecule has 6 nitrogen and oxygen atoms in total. The van der Waals surface area contributed by atoms with Gasteiger partial charge in [0.25, 0.3) is 5.91 Å². The number of aromatic nitrogens is 1. The van der Waals surface area contributed by atoms with Gasteiger partial charge in [0, 0.05) is 24.4 Å². The van der Waals surface area contributed by atoms with Crippen molar-refractivity contribution in [3.8, 4) is 0 Å². The second-order valence-electron chi connectivity index (χ2n) is 7.61. The average molecular weight is 415 g/mol. The van der Waals surface area contributed by atoms with Crippen molar-refractivity contribution in [2.45, 2.75) is 26.8 Å². The molecule has 0 spiro atoms. The van der Waals surface area contributed by atoms with Gasteiger partial charge in [-0.15, -0.1) is 0 Å². The molecule has 2 aromatic carbocycles. The molecule has 31 heavy (non-hydrogen) atoms. The van der Waals surface area contributed by atoms with Crippen LogP contribution >= 0.6 is 0 Å². The van der Waals surface area contributed by atoms with Crippen molar-refractivity contribution in [3.05, 3.63) is 94.8 Å². The summed E-state index contributed by atoms with van der Waals surface area (Å²) < 4.78 is 7.40. The molecular weight excluding hydrogens is 390 g/mol. The number of carbonyl (C=O) groups excluding carboxylic acids is 2. The Balaban J connectivity index is 1.38. The van der Waals surface area contributed by atoms with Gasteiger partial charge in [0.2, 0.25) is 0 Å². The Labute approximate surface area is 181 Å². The first kappa shape index (κ1) is 20.6. The van der Waals surface area contributed by atoms with E-state index in [-0.39, 0.29) is 12.5 Å². The number of carbonyl (C=O) groups is 2. The van der Waals surface area contributed by atoms with Gasteiger partial charge in [0.1, 0.15) is 0 Å². The smallest absolute Gasteiger partial charge is 0.340 e. The number of hydrogen-bond acceptors (Lipinski definition) is 4. The molecule has 158 valence electrons. The van der Waals surface area contributed by atoms with Gasteiger partial charge in [0.05, 0.1) is 17.8 Å². The van der Waals surface area contributed by atoms with Crippen LogP contribution in [0.4, 0.5) is 0 Å². The van der Waals surface area contributed by atoms with Crippen LogP contribution < -0.4 is 0 Å². The maximum Gasteiger partial charge on any atom is 0.340 e. The zero-order chi connectivity index (χ0) is 21.8. The number of amides is 1. The zero-order valence-electron chi connectivity index (χ0n) is 17.7. The van der Waals surface area contributed by atoms with E-state index in [1.807, 2.05) is 68.4 Å². The molecule has 1 aliphatic rings. The normalized spacial score (nSPS) is 13.2. The lowest BCUT2D eigenvalue weighted by atomic mass is 10.1. The third-order valence-electron chi connectivity index (χ3n) is 5.50. The van der Waals surface area contributed by atoms with Gasteiger partial charge >= 0.3 is 5.97 Å². The van der Waals surface area contributed by atoms with Gasteiger partial charge in [-0.1, -0.05) is 60.7 Å². The van der Waals surface area contributed by atoms with E-state index in [0.29, 0.717) is 25.1 Å². The fourth-order valence-electron chi connectivity index (χ4n) is 3.77. The largest absolute Gasteiger partial charge is 0.452 e. The molecule has 1 amide bonds. The van der Waals surface area contributed by atoms with Crippen LogP contribution in [-0.2, 0) is 16.1 Å². The summed E-state index contributed by atoms with van der Waals surface area (Å²) in [5, 5.41) is 5.78. The predicted octanol–water partition coefficient (Wildman–Crippen LogP) is 3.95. The number of hydrogen-bond donors (Lipinski definition) is 0. The van der Waals surface area contributed by atoms with Gasteiger partial charge in [-0.3, -0.25) is 4.79 Å². The number of ether oxygens (including phenoxy) is 1. The highest BCUT2D eigenvalue weighted by Gasteiger charge is 2.24. The van der Waals surface area contributed by atoms with E-state index in [4.69, 9.17) is 4.74 Å². The lowest BCUT2D eigenvalue weighted by molar-refractivity contribution is -0.134. The molecule has 1 aliphatic heterocycles. The summed E-state index contributed by atoms with van der Waals surface area (Å²) in [4.78, 5) is 25.1.